The number of primary amides is 1. The lowest BCUT2D eigenvalue weighted by atomic mass is 10.2. The predicted molar refractivity (Wildman–Crippen MR) is 57.8 cm³/mol. The number of carbonyl (C=O) groups is 1. The Bertz CT molecular complexity index is 312. The number of hydrogen-bond acceptors (Lipinski definition) is 2. The Morgan fingerprint density at radius 3 is 2.47 bits per heavy atom. The van der Waals surface area contributed by atoms with Gasteiger partial charge in [-0.3, -0.25) is 4.84 Å². The van der Waals surface area contributed by atoms with E-state index in [1.165, 1.54) is 5.06 Å². The lowest BCUT2D eigenvalue weighted by Crippen LogP contribution is -2.37. The Hall–Kier alpha value is -1.55. The minimum atomic E-state index is -0.576. The van der Waals surface area contributed by atoms with E-state index in [1.807, 2.05) is 44.2 Å². The van der Waals surface area contributed by atoms with Gasteiger partial charge >= 0.3 is 6.03 Å². The normalized spacial score (nSPS) is 10.3. The predicted octanol–water partition coefficient (Wildman–Crippen LogP) is 1.91. The zero-order chi connectivity index (χ0) is 11.3. The van der Waals surface area contributed by atoms with Gasteiger partial charge in [0.15, 0.2) is 0 Å². The molecule has 0 saturated carbocycles. The van der Waals surface area contributed by atoms with Gasteiger partial charge in [-0.25, -0.2) is 4.79 Å². The topological polar surface area (TPSA) is 55.6 Å². The SMILES string of the molecule is CC(C)ON(Cc1ccccc1)C(N)=O. The molecule has 1 rings (SSSR count). The molecular weight excluding hydrogens is 192 g/mol. The van der Waals surface area contributed by atoms with Crippen molar-refractivity contribution in [1.29, 1.82) is 0 Å². The first-order chi connectivity index (χ1) is 7.09. The van der Waals surface area contributed by atoms with E-state index in [1.54, 1.807) is 0 Å². The number of nitrogens with two attached hydrogens (primary N) is 1. The fraction of sp³-hybridized carbons (Fsp3) is 0.364. The van der Waals surface area contributed by atoms with Crippen molar-refractivity contribution >= 4 is 6.03 Å². The van der Waals surface area contributed by atoms with E-state index in [2.05, 4.69) is 0 Å². The molecule has 2 amide bonds. The van der Waals surface area contributed by atoms with E-state index in [4.69, 9.17) is 10.6 Å². The summed E-state index contributed by atoms with van der Waals surface area (Å²) < 4.78 is 0. The molecule has 0 aliphatic rings. The average Bonchev–Trinajstić information content (AvgIpc) is 2.17. The standard InChI is InChI=1S/C11H16N2O2/c1-9(2)15-13(11(12)14)8-10-6-4-3-5-7-10/h3-7,9H,8H2,1-2H3,(H2,12,14). The van der Waals surface area contributed by atoms with Gasteiger partial charge in [0.25, 0.3) is 0 Å². The maximum atomic E-state index is 11.1. The van der Waals surface area contributed by atoms with Crippen molar-refractivity contribution in [2.75, 3.05) is 0 Å². The maximum absolute atomic E-state index is 11.1. The third kappa shape index (κ3) is 3.99. The van der Waals surface area contributed by atoms with Crippen LogP contribution in [0.5, 0.6) is 0 Å². The molecule has 0 radical (unpaired) electrons. The monoisotopic (exact) mass is 208 g/mol. The van der Waals surface area contributed by atoms with Crippen LogP contribution in [0, 0.1) is 0 Å². The summed E-state index contributed by atoms with van der Waals surface area (Å²) in [7, 11) is 0. The van der Waals surface area contributed by atoms with Gasteiger partial charge in [0.1, 0.15) is 0 Å². The van der Waals surface area contributed by atoms with Crippen LogP contribution in [0.1, 0.15) is 19.4 Å². The first kappa shape index (κ1) is 11.5. The van der Waals surface area contributed by atoms with Crippen molar-refractivity contribution in [1.82, 2.24) is 5.06 Å². The Labute approximate surface area is 89.6 Å². The minimum absolute atomic E-state index is 0.0683. The number of benzene rings is 1. The summed E-state index contributed by atoms with van der Waals surface area (Å²) in [5.74, 6) is 0. The van der Waals surface area contributed by atoms with Crippen LogP contribution in [0.25, 0.3) is 0 Å². The number of amides is 2. The van der Waals surface area contributed by atoms with Gasteiger partial charge < -0.3 is 5.73 Å². The van der Waals surface area contributed by atoms with Gasteiger partial charge in [-0.15, -0.1) is 0 Å². The van der Waals surface area contributed by atoms with Gasteiger partial charge in [-0.1, -0.05) is 30.3 Å². The number of hydrogen-bond donors (Lipinski definition) is 1. The maximum Gasteiger partial charge on any atom is 0.339 e. The molecule has 0 bridgehead atoms. The van der Waals surface area contributed by atoms with Crippen molar-refractivity contribution in [3.8, 4) is 0 Å². The molecule has 1 aromatic carbocycles. The molecule has 82 valence electrons. The molecule has 0 heterocycles. The second kappa shape index (κ2) is 5.36. The van der Waals surface area contributed by atoms with E-state index in [0.717, 1.165) is 5.56 Å². The van der Waals surface area contributed by atoms with Crippen LogP contribution in [0.3, 0.4) is 0 Å². The molecule has 0 fully saturated rings. The third-order valence-electron chi connectivity index (χ3n) is 1.75. The number of nitrogens with zero attached hydrogens (tertiary/aromatic N) is 1. The molecule has 0 aromatic heterocycles. The van der Waals surface area contributed by atoms with Crippen LogP contribution in [-0.4, -0.2) is 17.2 Å². The van der Waals surface area contributed by atoms with Gasteiger partial charge in [-0.2, -0.15) is 5.06 Å². The Morgan fingerprint density at radius 2 is 2.00 bits per heavy atom. The molecule has 0 saturated heterocycles. The number of carbonyl (C=O) groups excluding carboxylic acids is 1. The first-order valence-electron chi connectivity index (χ1n) is 4.87. The summed E-state index contributed by atoms with van der Waals surface area (Å²) >= 11 is 0. The molecule has 1 aromatic rings. The summed E-state index contributed by atoms with van der Waals surface area (Å²) in [6.07, 6.45) is -0.0683. The Morgan fingerprint density at radius 1 is 1.40 bits per heavy atom. The van der Waals surface area contributed by atoms with Gasteiger partial charge in [0.2, 0.25) is 0 Å². The molecule has 0 spiro atoms. The largest absolute Gasteiger partial charge is 0.350 e. The van der Waals surface area contributed by atoms with Crippen LogP contribution in [-0.2, 0) is 11.4 Å². The zero-order valence-corrected chi connectivity index (χ0v) is 9.01. The van der Waals surface area contributed by atoms with E-state index in [9.17, 15) is 4.79 Å². The molecule has 2 N–H and O–H groups in total. The summed E-state index contributed by atoms with van der Waals surface area (Å²) in [6, 6.07) is 8.99. The second-order valence-electron chi connectivity index (χ2n) is 3.51. The number of rotatable bonds is 4. The number of hydroxylamine groups is 2. The smallest absolute Gasteiger partial charge is 0.339 e. The van der Waals surface area contributed by atoms with Crippen molar-refractivity contribution in [3.05, 3.63) is 35.9 Å². The third-order valence-corrected chi connectivity index (χ3v) is 1.75. The summed E-state index contributed by atoms with van der Waals surface area (Å²) in [6.45, 7) is 4.07. The van der Waals surface area contributed by atoms with E-state index in [0.29, 0.717) is 6.54 Å². The second-order valence-corrected chi connectivity index (χ2v) is 3.51. The fourth-order valence-corrected chi connectivity index (χ4v) is 1.17. The van der Waals surface area contributed by atoms with E-state index >= 15 is 0 Å². The first-order valence-corrected chi connectivity index (χ1v) is 4.87. The summed E-state index contributed by atoms with van der Waals surface area (Å²) in [5.41, 5.74) is 6.18. The molecule has 15 heavy (non-hydrogen) atoms. The molecule has 0 aliphatic heterocycles. The highest BCUT2D eigenvalue weighted by Gasteiger charge is 2.12. The van der Waals surface area contributed by atoms with Crippen molar-refractivity contribution in [3.63, 3.8) is 0 Å². The lowest BCUT2D eigenvalue weighted by molar-refractivity contribution is -0.152. The molecule has 4 nitrogen and oxygen atoms in total. The van der Waals surface area contributed by atoms with Crippen LogP contribution in [0.4, 0.5) is 4.79 Å². The summed E-state index contributed by atoms with van der Waals surface area (Å²) in [5, 5.41) is 1.17. The van der Waals surface area contributed by atoms with Crippen LogP contribution < -0.4 is 5.73 Å². The highest BCUT2D eigenvalue weighted by atomic mass is 16.7. The zero-order valence-electron chi connectivity index (χ0n) is 9.01. The van der Waals surface area contributed by atoms with E-state index in [-0.39, 0.29) is 6.10 Å². The van der Waals surface area contributed by atoms with Gasteiger partial charge in [0, 0.05) is 0 Å². The minimum Gasteiger partial charge on any atom is -0.350 e. The van der Waals surface area contributed by atoms with Gasteiger partial charge in [0.05, 0.1) is 12.6 Å². The van der Waals surface area contributed by atoms with Crippen molar-refractivity contribution in [2.45, 2.75) is 26.5 Å². The summed E-state index contributed by atoms with van der Waals surface area (Å²) in [4.78, 5) is 16.3. The quantitative estimate of drug-likeness (QED) is 0.768. The highest BCUT2D eigenvalue weighted by Crippen LogP contribution is 2.06. The number of urea groups is 1. The molecule has 4 heteroatoms. The van der Waals surface area contributed by atoms with Crippen LogP contribution in [0.2, 0.25) is 0 Å². The van der Waals surface area contributed by atoms with Crippen LogP contribution >= 0.6 is 0 Å². The Balaban J connectivity index is 2.63. The van der Waals surface area contributed by atoms with Crippen molar-refractivity contribution in [2.24, 2.45) is 5.73 Å². The van der Waals surface area contributed by atoms with Gasteiger partial charge in [-0.05, 0) is 19.4 Å². The Kier molecular flexibility index (Phi) is 4.12. The molecular formula is C11H16N2O2. The molecule has 0 unspecified atom stereocenters. The highest BCUT2D eigenvalue weighted by molar-refractivity contribution is 5.70. The average molecular weight is 208 g/mol. The van der Waals surface area contributed by atoms with Crippen molar-refractivity contribution < 1.29 is 9.63 Å². The van der Waals surface area contributed by atoms with Crippen LogP contribution in [0.15, 0.2) is 30.3 Å². The molecule has 0 aliphatic carbocycles. The lowest BCUT2D eigenvalue weighted by Gasteiger charge is -2.21. The molecule has 0 atom stereocenters. The fourth-order valence-electron chi connectivity index (χ4n) is 1.17. The van der Waals surface area contributed by atoms with E-state index < -0.39 is 6.03 Å².